The third kappa shape index (κ3) is 7.14. The fourth-order valence-corrected chi connectivity index (χ4v) is 3.95. The number of carbonyl (C=O) groups excluding carboxylic acids is 2. The zero-order valence-corrected chi connectivity index (χ0v) is 16.7. The first-order chi connectivity index (χ1) is 11.6. The van der Waals surface area contributed by atoms with Gasteiger partial charge in [-0.3, -0.25) is 9.59 Å². The minimum absolute atomic E-state index is 0. The van der Waals surface area contributed by atoms with Gasteiger partial charge < -0.3 is 15.5 Å². The van der Waals surface area contributed by atoms with Crippen molar-refractivity contribution in [2.45, 2.75) is 71.3 Å². The van der Waals surface area contributed by atoms with E-state index in [1.54, 1.807) is 0 Å². The van der Waals surface area contributed by atoms with Crippen LogP contribution in [0.15, 0.2) is 0 Å². The summed E-state index contributed by atoms with van der Waals surface area (Å²) >= 11 is 0. The molecule has 146 valence electrons. The van der Waals surface area contributed by atoms with E-state index in [1.165, 1.54) is 12.8 Å². The fourth-order valence-electron chi connectivity index (χ4n) is 3.95. The first-order valence-corrected chi connectivity index (χ1v) is 9.92. The lowest BCUT2D eigenvalue weighted by Crippen LogP contribution is -2.48. The molecule has 0 atom stereocenters. The van der Waals surface area contributed by atoms with E-state index in [0.29, 0.717) is 18.2 Å². The van der Waals surface area contributed by atoms with Crippen LogP contribution in [0.25, 0.3) is 0 Å². The summed E-state index contributed by atoms with van der Waals surface area (Å²) in [7, 11) is 0. The van der Waals surface area contributed by atoms with Crippen LogP contribution in [-0.4, -0.2) is 48.9 Å². The van der Waals surface area contributed by atoms with Crippen molar-refractivity contribution in [1.82, 2.24) is 15.5 Å². The summed E-state index contributed by atoms with van der Waals surface area (Å²) in [6, 6.07) is 0.247. The summed E-state index contributed by atoms with van der Waals surface area (Å²) in [5.74, 6) is 1.37. The number of piperidine rings is 2. The molecule has 0 spiro atoms. The fraction of sp³-hybridized carbons (Fsp3) is 0.895. The van der Waals surface area contributed by atoms with Crippen molar-refractivity contribution < 1.29 is 9.59 Å². The average molecular weight is 374 g/mol. The van der Waals surface area contributed by atoms with Crippen LogP contribution >= 0.6 is 12.4 Å². The summed E-state index contributed by atoms with van der Waals surface area (Å²) in [4.78, 5) is 26.6. The summed E-state index contributed by atoms with van der Waals surface area (Å²) in [5.41, 5.74) is 0. The molecule has 2 rings (SSSR count). The Morgan fingerprint density at radius 1 is 1.08 bits per heavy atom. The Morgan fingerprint density at radius 3 is 2.24 bits per heavy atom. The minimum Gasteiger partial charge on any atom is -0.353 e. The number of nitrogens with one attached hydrogen (secondary N) is 2. The maximum atomic E-state index is 12.4. The highest BCUT2D eigenvalue weighted by Gasteiger charge is 2.27. The SMILES string of the molecule is CCC(CC)C(=O)N1CCC(NC(=O)CCC2CCNCC2)CC1.Cl. The van der Waals surface area contributed by atoms with Gasteiger partial charge >= 0.3 is 0 Å². The van der Waals surface area contributed by atoms with E-state index in [0.717, 1.165) is 58.3 Å². The van der Waals surface area contributed by atoms with Crippen molar-refractivity contribution in [3.63, 3.8) is 0 Å². The van der Waals surface area contributed by atoms with Gasteiger partial charge in [-0.1, -0.05) is 13.8 Å². The molecule has 0 radical (unpaired) electrons. The van der Waals surface area contributed by atoms with E-state index in [1.807, 2.05) is 4.90 Å². The van der Waals surface area contributed by atoms with Crippen molar-refractivity contribution in [2.75, 3.05) is 26.2 Å². The van der Waals surface area contributed by atoms with Gasteiger partial charge in [-0.25, -0.2) is 0 Å². The summed E-state index contributed by atoms with van der Waals surface area (Å²) in [6.07, 6.45) is 7.69. The van der Waals surface area contributed by atoms with Crippen LogP contribution in [0, 0.1) is 11.8 Å². The van der Waals surface area contributed by atoms with Crippen LogP contribution in [0.3, 0.4) is 0 Å². The Hall–Kier alpha value is -0.810. The standard InChI is InChI=1S/C19H35N3O2.ClH/c1-3-16(4-2)19(24)22-13-9-17(10-14-22)21-18(23)6-5-15-7-11-20-12-8-15;/h15-17,20H,3-14H2,1-2H3,(H,21,23);1H. The molecular formula is C19H36ClN3O2. The Kier molecular flexibility index (Phi) is 10.4. The van der Waals surface area contributed by atoms with Crippen LogP contribution in [0.1, 0.15) is 65.2 Å². The molecule has 2 aliphatic heterocycles. The van der Waals surface area contributed by atoms with Crippen molar-refractivity contribution in [3.8, 4) is 0 Å². The third-order valence-corrected chi connectivity index (χ3v) is 5.74. The molecule has 2 heterocycles. The van der Waals surface area contributed by atoms with Gasteiger partial charge in [0.25, 0.3) is 0 Å². The number of nitrogens with zero attached hydrogens (tertiary/aromatic N) is 1. The molecule has 0 aliphatic carbocycles. The van der Waals surface area contributed by atoms with Gasteiger partial charge in [0.05, 0.1) is 0 Å². The van der Waals surface area contributed by atoms with Crippen molar-refractivity contribution in [3.05, 3.63) is 0 Å². The van der Waals surface area contributed by atoms with Gasteiger partial charge in [0.15, 0.2) is 0 Å². The van der Waals surface area contributed by atoms with E-state index < -0.39 is 0 Å². The first-order valence-electron chi connectivity index (χ1n) is 9.92. The molecule has 0 aromatic carbocycles. The first kappa shape index (κ1) is 22.2. The maximum Gasteiger partial charge on any atom is 0.225 e. The Morgan fingerprint density at radius 2 is 1.68 bits per heavy atom. The Labute approximate surface area is 159 Å². The molecule has 5 nitrogen and oxygen atoms in total. The number of rotatable bonds is 7. The third-order valence-electron chi connectivity index (χ3n) is 5.74. The van der Waals surface area contributed by atoms with Gasteiger partial charge in [0.2, 0.25) is 11.8 Å². The van der Waals surface area contributed by atoms with Gasteiger partial charge in [0, 0.05) is 31.5 Å². The molecule has 0 unspecified atom stereocenters. The number of hydrogen-bond donors (Lipinski definition) is 2. The summed E-state index contributed by atoms with van der Waals surface area (Å²) in [6.45, 7) is 7.93. The molecule has 2 N–H and O–H groups in total. The molecule has 2 saturated heterocycles. The molecule has 25 heavy (non-hydrogen) atoms. The Balaban J connectivity index is 0.00000312. The lowest BCUT2D eigenvalue weighted by Gasteiger charge is -2.34. The van der Waals surface area contributed by atoms with Crippen LogP contribution in [0.2, 0.25) is 0 Å². The van der Waals surface area contributed by atoms with Crippen LogP contribution in [-0.2, 0) is 9.59 Å². The van der Waals surface area contributed by atoms with Gasteiger partial charge in [-0.2, -0.15) is 0 Å². The number of likely N-dealkylation sites (tertiary alicyclic amines) is 1. The highest BCUT2D eigenvalue weighted by molar-refractivity contribution is 5.85. The maximum absolute atomic E-state index is 12.4. The molecule has 6 heteroatoms. The smallest absolute Gasteiger partial charge is 0.225 e. The summed E-state index contributed by atoms with van der Waals surface area (Å²) < 4.78 is 0. The van der Waals surface area contributed by atoms with Gasteiger partial charge in [-0.05, 0) is 64.0 Å². The molecule has 0 aromatic rings. The normalized spacial score (nSPS) is 19.6. The van der Waals surface area contributed by atoms with Gasteiger partial charge in [-0.15, -0.1) is 12.4 Å². The largest absolute Gasteiger partial charge is 0.353 e. The summed E-state index contributed by atoms with van der Waals surface area (Å²) in [5, 5.41) is 6.55. The van der Waals surface area contributed by atoms with Crippen LogP contribution < -0.4 is 10.6 Å². The number of halogens is 1. The average Bonchev–Trinajstić information content (AvgIpc) is 2.62. The monoisotopic (exact) mass is 373 g/mol. The quantitative estimate of drug-likeness (QED) is 0.721. The number of amides is 2. The molecule has 2 fully saturated rings. The predicted octanol–water partition coefficient (Wildman–Crippen LogP) is 2.73. The highest BCUT2D eigenvalue weighted by Crippen LogP contribution is 2.19. The zero-order valence-electron chi connectivity index (χ0n) is 15.9. The highest BCUT2D eigenvalue weighted by atomic mass is 35.5. The topological polar surface area (TPSA) is 61.4 Å². The molecular weight excluding hydrogens is 338 g/mol. The zero-order chi connectivity index (χ0) is 17.4. The molecule has 0 saturated carbocycles. The number of hydrogen-bond acceptors (Lipinski definition) is 3. The van der Waals surface area contributed by atoms with E-state index in [9.17, 15) is 9.59 Å². The van der Waals surface area contributed by atoms with Crippen LogP contribution in [0.5, 0.6) is 0 Å². The van der Waals surface area contributed by atoms with Crippen molar-refractivity contribution >= 4 is 24.2 Å². The van der Waals surface area contributed by atoms with E-state index >= 15 is 0 Å². The second kappa shape index (κ2) is 11.7. The van der Waals surface area contributed by atoms with E-state index in [2.05, 4.69) is 24.5 Å². The van der Waals surface area contributed by atoms with E-state index in [-0.39, 0.29) is 30.3 Å². The Bertz CT molecular complexity index is 401. The van der Waals surface area contributed by atoms with Crippen molar-refractivity contribution in [1.29, 1.82) is 0 Å². The molecule has 0 bridgehead atoms. The predicted molar refractivity (Wildman–Crippen MR) is 104 cm³/mol. The lowest BCUT2D eigenvalue weighted by atomic mass is 9.93. The minimum atomic E-state index is 0. The molecule has 2 aliphatic rings. The van der Waals surface area contributed by atoms with Crippen molar-refractivity contribution in [2.24, 2.45) is 11.8 Å². The lowest BCUT2D eigenvalue weighted by molar-refractivity contribution is -0.137. The molecule has 0 aromatic heterocycles. The second-order valence-electron chi connectivity index (χ2n) is 7.41. The number of carbonyl (C=O) groups is 2. The molecule has 2 amide bonds. The van der Waals surface area contributed by atoms with Crippen LogP contribution in [0.4, 0.5) is 0 Å². The van der Waals surface area contributed by atoms with Gasteiger partial charge in [0.1, 0.15) is 0 Å². The second-order valence-corrected chi connectivity index (χ2v) is 7.41. The van der Waals surface area contributed by atoms with E-state index in [4.69, 9.17) is 0 Å².